The Labute approximate surface area is 81.1 Å². The van der Waals surface area contributed by atoms with Crippen molar-refractivity contribution >= 4 is 5.91 Å². The van der Waals surface area contributed by atoms with Crippen molar-refractivity contribution in [1.29, 1.82) is 0 Å². The van der Waals surface area contributed by atoms with Crippen LogP contribution in [0, 0.1) is 11.8 Å². The summed E-state index contributed by atoms with van der Waals surface area (Å²) < 4.78 is 0. The van der Waals surface area contributed by atoms with Gasteiger partial charge in [0.25, 0.3) is 0 Å². The lowest BCUT2D eigenvalue weighted by Gasteiger charge is -2.21. The fraction of sp³-hybridized carbons (Fsp3) is 0.900. The summed E-state index contributed by atoms with van der Waals surface area (Å²) in [5.74, 6) is 0.404. The van der Waals surface area contributed by atoms with Gasteiger partial charge in [-0.1, -0.05) is 20.8 Å². The van der Waals surface area contributed by atoms with Gasteiger partial charge < -0.3 is 11.1 Å². The monoisotopic (exact) mass is 186 g/mol. The molecule has 3 atom stereocenters. The van der Waals surface area contributed by atoms with Crippen molar-refractivity contribution in [3.8, 4) is 0 Å². The lowest BCUT2D eigenvalue weighted by atomic mass is 10.0. The molecule has 0 aliphatic heterocycles. The predicted octanol–water partition coefficient (Wildman–Crippen LogP) is 1.13. The maximum atomic E-state index is 11.5. The fourth-order valence-corrected chi connectivity index (χ4v) is 0.761. The summed E-state index contributed by atoms with van der Waals surface area (Å²) in [5.41, 5.74) is 5.63. The molecule has 0 radical (unpaired) electrons. The van der Waals surface area contributed by atoms with Crippen LogP contribution in [0.5, 0.6) is 0 Å². The van der Waals surface area contributed by atoms with Crippen molar-refractivity contribution in [2.24, 2.45) is 17.6 Å². The molecule has 3 unspecified atom stereocenters. The minimum Gasteiger partial charge on any atom is -0.353 e. The first-order chi connectivity index (χ1) is 5.86. The van der Waals surface area contributed by atoms with Gasteiger partial charge in [0.05, 0.1) is 0 Å². The number of carbonyl (C=O) groups excluding carboxylic acids is 1. The minimum atomic E-state index is -0.110. The van der Waals surface area contributed by atoms with Crippen LogP contribution in [0.4, 0.5) is 0 Å². The molecule has 0 spiro atoms. The number of carbonyl (C=O) groups is 1. The predicted molar refractivity (Wildman–Crippen MR) is 55.3 cm³/mol. The maximum absolute atomic E-state index is 11.5. The van der Waals surface area contributed by atoms with Crippen molar-refractivity contribution < 1.29 is 4.79 Å². The van der Waals surface area contributed by atoms with E-state index < -0.39 is 0 Å². The molecule has 0 rings (SSSR count). The Morgan fingerprint density at radius 2 is 1.62 bits per heavy atom. The Bertz CT molecular complexity index is 166. The van der Waals surface area contributed by atoms with Gasteiger partial charge in [-0.2, -0.15) is 0 Å². The topological polar surface area (TPSA) is 55.1 Å². The Kier molecular flexibility index (Phi) is 4.99. The van der Waals surface area contributed by atoms with Gasteiger partial charge in [-0.15, -0.1) is 0 Å². The molecule has 3 heteroatoms. The standard InChI is InChI=1S/C10H22N2O/c1-6(2)9(5)12-10(13)7(3)8(4)11/h6-9H,11H2,1-5H3,(H,12,13). The summed E-state index contributed by atoms with van der Waals surface area (Å²) in [6.07, 6.45) is 0. The Morgan fingerprint density at radius 1 is 1.15 bits per heavy atom. The zero-order valence-electron chi connectivity index (χ0n) is 9.29. The molecule has 0 aliphatic carbocycles. The van der Waals surface area contributed by atoms with Gasteiger partial charge in [-0.05, 0) is 19.8 Å². The Hall–Kier alpha value is -0.570. The molecular weight excluding hydrogens is 164 g/mol. The smallest absolute Gasteiger partial charge is 0.224 e. The molecule has 0 aromatic rings. The van der Waals surface area contributed by atoms with Gasteiger partial charge in [-0.25, -0.2) is 0 Å². The lowest BCUT2D eigenvalue weighted by Crippen LogP contribution is -2.44. The second-order valence-corrected chi connectivity index (χ2v) is 4.19. The van der Waals surface area contributed by atoms with E-state index in [4.69, 9.17) is 5.73 Å². The SMILES string of the molecule is CC(C)C(C)NC(=O)C(C)C(C)N. The van der Waals surface area contributed by atoms with E-state index in [9.17, 15) is 4.79 Å². The summed E-state index contributed by atoms with van der Waals surface area (Å²) in [6, 6.07) is 0.132. The third kappa shape index (κ3) is 4.27. The highest BCUT2D eigenvalue weighted by Crippen LogP contribution is 2.04. The van der Waals surface area contributed by atoms with Crippen LogP contribution in [0.3, 0.4) is 0 Å². The second kappa shape index (κ2) is 5.22. The summed E-state index contributed by atoms with van der Waals surface area (Å²) >= 11 is 0. The van der Waals surface area contributed by atoms with Crippen LogP contribution in [0.15, 0.2) is 0 Å². The fourth-order valence-electron chi connectivity index (χ4n) is 0.761. The summed E-state index contributed by atoms with van der Waals surface area (Å²) in [5, 5.41) is 2.94. The molecule has 0 saturated carbocycles. The molecule has 3 nitrogen and oxygen atoms in total. The third-order valence-corrected chi connectivity index (χ3v) is 2.57. The van der Waals surface area contributed by atoms with E-state index in [1.165, 1.54) is 0 Å². The van der Waals surface area contributed by atoms with Crippen molar-refractivity contribution in [2.75, 3.05) is 0 Å². The van der Waals surface area contributed by atoms with Crippen LogP contribution < -0.4 is 11.1 Å². The largest absolute Gasteiger partial charge is 0.353 e. The van der Waals surface area contributed by atoms with Crippen LogP contribution >= 0.6 is 0 Å². The van der Waals surface area contributed by atoms with Gasteiger partial charge in [0.2, 0.25) is 5.91 Å². The van der Waals surface area contributed by atoms with Crippen LogP contribution in [0.25, 0.3) is 0 Å². The summed E-state index contributed by atoms with van der Waals surface area (Å²) in [6.45, 7) is 9.89. The average Bonchev–Trinajstić information content (AvgIpc) is 2.02. The highest BCUT2D eigenvalue weighted by atomic mass is 16.1. The van der Waals surface area contributed by atoms with Crippen molar-refractivity contribution in [2.45, 2.75) is 46.7 Å². The Balaban J connectivity index is 4.00. The molecule has 0 heterocycles. The molecule has 0 fully saturated rings. The summed E-state index contributed by atoms with van der Waals surface area (Å²) in [7, 11) is 0. The second-order valence-electron chi connectivity index (χ2n) is 4.19. The number of rotatable bonds is 4. The third-order valence-electron chi connectivity index (χ3n) is 2.57. The molecule has 0 aromatic carbocycles. The van der Waals surface area contributed by atoms with Gasteiger partial charge in [-0.3, -0.25) is 4.79 Å². The zero-order valence-corrected chi connectivity index (χ0v) is 9.29. The molecule has 13 heavy (non-hydrogen) atoms. The molecule has 0 bridgehead atoms. The van der Waals surface area contributed by atoms with E-state index in [1.54, 1.807) is 0 Å². The Morgan fingerprint density at radius 3 is 1.92 bits per heavy atom. The van der Waals surface area contributed by atoms with Crippen LogP contribution in [-0.2, 0) is 4.79 Å². The zero-order chi connectivity index (χ0) is 10.6. The minimum absolute atomic E-state index is 0.0520. The van der Waals surface area contributed by atoms with Crippen molar-refractivity contribution in [1.82, 2.24) is 5.32 Å². The molecule has 1 amide bonds. The van der Waals surface area contributed by atoms with Crippen LogP contribution in [-0.4, -0.2) is 18.0 Å². The van der Waals surface area contributed by atoms with Crippen LogP contribution in [0.1, 0.15) is 34.6 Å². The van der Waals surface area contributed by atoms with Gasteiger partial charge >= 0.3 is 0 Å². The maximum Gasteiger partial charge on any atom is 0.224 e. The van der Waals surface area contributed by atoms with Gasteiger partial charge in [0, 0.05) is 18.0 Å². The van der Waals surface area contributed by atoms with Crippen molar-refractivity contribution in [3.63, 3.8) is 0 Å². The van der Waals surface area contributed by atoms with E-state index in [0.717, 1.165) is 0 Å². The summed E-state index contributed by atoms with van der Waals surface area (Å²) in [4.78, 5) is 11.5. The van der Waals surface area contributed by atoms with E-state index in [2.05, 4.69) is 19.2 Å². The van der Waals surface area contributed by atoms with Crippen molar-refractivity contribution in [3.05, 3.63) is 0 Å². The van der Waals surface area contributed by atoms with E-state index in [-0.39, 0.29) is 23.9 Å². The first-order valence-corrected chi connectivity index (χ1v) is 4.92. The first-order valence-electron chi connectivity index (χ1n) is 4.92. The lowest BCUT2D eigenvalue weighted by molar-refractivity contribution is -0.125. The number of hydrogen-bond donors (Lipinski definition) is 2. The number of nitrogens with two attached hydrogens (primary N) is 1. The average molecular weight is 186 g/mol. The molecule has 3 N–H and O–H groups in total. The number of nitrogens with one attached hydrogen (secondary N) is 1. The normalized spacial score (nSPS) is 18.1. The molecule has 78 valence electrons. The molecular formula is C10H22N2O. The molecule has 0 aromatic heterocycles. The van der Waals surface area contributed by atoms with E-state index in [1.807, 2.05) is 20.8 Å². The highest BCUT2D eigenvalue weighted by molar-refractivity contribution is 5.79. The van der Waals surface area contributed by atoms with E-state index in [0.29, 0.717) is 5.92 Å². The number of hydrogen-bond acceptors (Lipinski definition) is 2. The highest BCUT2D eigenvalue weighted by Gasteiger charge is 2.19. The van der Waals surface area contributed by atoms with Crippen LogP contribution in [0.2, 0.25) is 0 Å². The van der Waals surface area contributed by atoms with E-state index >= 15 is 0 Å². The number of amides is 1. The van der Waals surface area contributed by atoms with Gasteiger partial charge in [0.15, 0.2) is 0 Å². The first kappa shape index (κ1) is 12.4. The quantitative estimate of drug-likeness (QED) is 0.691. The molecule has 0 aliphatic rings. The molecule has 0 saturated heterocycles. The van der Waals surface area contributed by atoms with Gasteiger partial charge in [0.1, 0.15) is 0 Å².